The van der Waals surface area contributed by atoms with E-state index in [0.29, 0.717) is 13.1 Å². The second-order valence-electron chi connectivity index (χ2n) is 10.0. The zero-order valence-corrected chi connectivity index (χ0v) is 22.9. The molecule has 0 spiro atoms. The van der Waals surface area contributed by atoms with Crippen LogP contribution in [0.1, 0.15) is 38.6 Å². The molecule has 1 saturated heterocycles. The highest BCUT2D eigenvalue weighted by Crippen LogP contribution is 2.35. The fourth-order valence-electron chi connectivity index (χ4n) is 4.54. The molecule has 4 aromatic rings. The number of piperazine rings is 1. The fraction of sp³-hybridized carbons (Fsp3) is 0.321. The van der Waals surface area contributed by atoms with Gasteiger partial charge < -0.3 is 10.2 Å². The van der Waals surface area contributed by atoms with Gasteiger partial charge in [0.25, 0.3) is 5.91 Å². The van der Waals surface area contributed by atoms with Crippen LogP contribution in [0.3, 0.4) is 0 Å². The van der Waals surface area contributed by atoms with Gasteiger partial charge >= 0.3 is 12.4 Å². The molecule has 0 unspecified atom stereocenters. The van der Waals surface area contributed by atoms with Crippen molar-refractivity contribution < 1.29 is 31.1 Å². The normalized spacial score (nSPS) is 14.9. The first kappa shape index (κ1) is 29.9. The molecule has 0 aliphatic carbocycles. The number of hydrogen-bond donors (Lipinski definition) is 1. The van der Waals surface area contributed by atoms with E-state index >= 15 is 0 Å². The number of carbonyl (C=O) groups excluding carboxylic acids is 1. The van der Waals surface area contributed by atoms with E-state index in [1.165, 1.54) is 37.6 Å². The number of hydrogen-bond acceptors (Lipinski definition) is 7. The van der Waals surface area contributed by atoms with Gasteiger partial charge in [0.1, 0.15) is 5.69 Å². The van der Waals surface area contributed by atoms with Crippen molar-refractivity contribution in [3.8, 4) is 11.8 Å². The molecule has 4 heterocycles. The lowest BCUT2D eigenvalue weighted by atomic mass is 10.0. The van der Waals surface area contributed by atoms with Gasteiger partial charge in [-0.1, -0.05) is 12.0 Å². The van der Waals surface area contributed by atoms with E-state index in [9.17, 15) is 31.1 Å². The van der Waals surface area contributed by atoms with Crippen LogP contribution in [-0.2, 0) is 25.9 Å². The zero-order valence-electron chi connectivity index (χ0n) is 22.9. The topological polar surface area (TPSA) is 92.1 Å². The number of fused-ring (bicyclic) bond motifs is 1. The molecule has 1 N–H and O–H groups in total. The standard InChI is InChI=1S/C28H24F6N8O/c1-40-7-9-42(10-8-40)16-18-4-5-20(12-22(18)27(29,30)31)37-25(43)19-11-17(13-35-14-19)3-6-23-21-15-36-26(28(32,33)34)38-24(21)41(2)39-23/h4-5,11-15H,7-10,16H2,1-2H3,(H,37,43). The average molecular weight is 603 g/mol. The third-order valence-electron chi connectivity index (χ3n) is 6.82. The minimum Gasteiger partial charge on any atom is -0.322 e. The van der Waals surface area contributed by atoms with Crippen LogP contribution >= 0.6 is 0 Å². The monoisotopic (exact) mass is 602 g/mol. The largest absolute Gasteiger partial charge is 0.451 e. The number of nitrogens with one attached hydrogen (secondary N) is 1. The smallest absolute Gasteiger partial charge is 0.322 e. The maximum Gasteiger partial charge on any atom is 0.451 e. The summed E-state index contributed by atoms with van der Waals surface area (Å²) in [5, 5.41) is 6.77. The average Bonchev–Trinajstić information content (AvgIpc) is 3.27. The van der Waals surface area contributed by atoms with E-state index < -0.39 is 29.6 Å². The molecule has 1 aliphatic heterocycles. The highest BCUT2D eigenvalue weighted by Gasteiger charge is 2.36. The van der Waals surface area contributed by atoms with Crippen molar-refractivity contribution in [2.24, 2.45) is 7.05 Å². The van der Waals surface area contributed by atoms with Crippen molar-refractivity contribution in [1.29, 1.82) is 0 Å². The Morgan fingerprint density at radius 3 is 2.40 bits per heavy atom. The Kier molecular flexibility index (Phi) is 8.08. The van der Waals surface area contributed by atoms with E-state index in [1.54, 1.807) is 0 Å². The Balaban J connectivity index is 1.34. The van der Waals surface area contributed by atoms with Crippen molar-refractivity contribution in [3.05, 3.63) is 76.6 Å². The number of benzene rings is 1. The lowest BCUT2D eigenvalue weighted by Gasteiger charge is -2.33. The van der Waals surface area contributed by atoms with Crippen LogP contribution in [-0.4, -0.2) is 73.7 Å². The number of pyridine rings is 1. The highest BCUT2D eigenvalue weighted by atomic mass is 19.4. The van der Waals surface area contributed by atoms with Gasteiger partial charge in [0.2, 0.25) is 5.82 Å². The lowest BCUT2D eigenvalue weighted by molar-refractivity contribution is -0.144. The summed E-state index contributed by atoms with van der Waals surface area (Å²) in [5.41, 5.74) is -0.396. The minimum atomic E-state index is -4.72. The van der Waals surface area contributed by atoms with E-state index in [2.05, 4.69) is 42.1 Å². The molecule has 5 rings (SSSR count). The number of alkyl halides is 6. The quantitative estimate of drug-likeness (QED) is 0.277. The summed E-state index contributed by atoms with van der Waals surface area (Å²) in [6, 6.07) is 5.09. The SMILES string of the molecule is CN1CCN(Cc2ccc(NC(=O)c3cncc(C#Cc4nn(C)c5nc(C(F)(F)F)ncc45)c3)cc2C(F)(F)F)CC1. The first-order valence-electron chi connectivity index (χ1n) is 12.9. The number of amides is 1. The fourth-order valence-corrected chi connectivity index (χ4v) is 4.54. The molecule has 1 fully saturated rings. The van der Waals surface area contributed by atoms with Crippen molar-refractivity contribution in [2.45, 2.75) is 18.9 Å². The van der Waals surface area contributed by atoms with Crippen LogP contribution in [0.15, 0.2) is 42.9 Å². The van der Waals surface area contributed by atoms with Crippen molar-refractivity contribution in [3.63, 3.8) is 0 Å². The van der Waals surface area contributed by atoms with Crippen molar-refractivity contribution >= 4 is 22.6 Å². The molecule has 0 atom stereocenters. The van der Waals surface area contributed by atoms with Crippen LogP contribution in [0.25, 0.3) is 11.0 Å². The van der Waals surface area contributed by atoms with E-state index in [1.807, 2.05) is 11.9 Å². The summed E-state index contributed by atoms with van der Waals surface area (Å²) < 4.78 is 81.8. The minimum absolute atomic E-state index is 0.0332. The summed E-state index contributed by atoms with van der Waals surface area (Å²) in [5.74, 6) is 3.45. The van der Waals surface area contributed by atoms with E-state index in [0.717, 1.165) is 30.0 Å². The Bertz CT molecular complexity index is 1730. The first-order chi connectivity index (χ1) is 20.3. The molecule has 15 heteroatoms. The number of carbonyl (C=O) groups is 1. The number of aromatic nitrogens is 5. The van der Waals surface area contributed by atoms with Crippen LogP contribution in [0.4, 0.5) is 32.0 Å². The predicted molar refractivity (Wildman–Crippen MR) is 144 cm³/mol. The zero-order chi connectivity index (χ0) is 30.9. The maximum absolute atomic E-state index is 13.9. The molecule has 1 amide bonds. The molecule has 1 aromatic carbocycles. The summed E-state index contributed by atoms with van der Waals surface area (Å²) in [6.07, 6.45) is -5.78. The highest BCUT2D eigenvalue weighted by molar-refractivity contribution is 6.04. The molecule has 0 radical (unpaired) electrons. The summed E-state index contributed by atoms with van der Waals surface area (Å²) in [7, 11) is 3.38. The molecular weight excluding hydrogens is 578 g/mol. The Hall–Kier alpha value is -4.55. The summed E-state index contributed by atoms with van der Waals surface area (Å²) in [4.78, 5) is 27.8. The number of halogens is 6. The number of aryl methyl sites for hydroxylation is 1. The number of nitrogens with zero attached hydrogens (tertiary/aromatic N) is 7. The maximum atomic E-state index is 13.9. The number of rotatable bonds is 4. The number of likely N-dealkylation sites (N-methyl/N-ethyl adjacent to an activating group) is 1. The molecule has 0 saturated carbocycles. The summed E-state index contributed by atoms with van der Waals surface area (Å²) in [6.45, 7) is 2.98. The second-order valence-corrected chi connectivity index (χ2v) is 10.0. The first-order valence-corrected chi connectivity index (χ1v) is 12.9. The van der Waals surface area contributed by atoms with E-state index in [-0.39, 0.29) is 45.6 Å². The third-order valence-corrected chi connectivity index (χ3v) is 6.82. The van der Waals surface area contributed by atoms with Crippen LogP contribution in [0.2, 0.25) is 0 Å². The van der Waals surface area contributed by atoms with Gasteiger partial charge in [0.05, 0.1) is 16.5 Å². The Labute approximate surface area is 241 Å². The van der Waals surface area contributed by atoms with Crippen LogP contribution in [0, 0.1) is 11.8 Å². The third kappa shape index (κ3) is 6.92. The lowest BCUT2D eigenvalue weighted by Crippen LogP contribution is -2.44. The molecular formula is C28H24F6N8O. The molecule has 0 bridgehead atoms. The van der Waals surface area contributed by atoms with E-state index in [4.69, 9.17) is 0 Å². The van der Waals surface area contributed by atoms with Gasteiger partial charge in [-0.15, -0.1) is 0 Å². The van der Waals surface area contributed by atoms with Gasteiger partial charge in [0.15, 0.2) is 5.65 Å². The molecule has 224 valence electrons. The second kappa shape index (κ2) is 11.6. The number of anilines is 1. The molecule has 9 nitrogen and oxygen atoms in total. The molecule has 1 aliphatic rings. The van der Waals surface area contributed by atoms with Gasteiger partial charge in [-0.2, -0.15) is 31.4 Å². The van der Waals surface area contributed by atoms with Crippen LogP contribution in [0.5, 0.6) is 0 Å². The van der Waals surface area contributed by atoms with Gasteiger partial charge in [0, 0.05) is 69.6 Å². The molecule has 43 heavy (non-hydrogen) atoms. The molecule has 3 aromatic heterocycles. The summed E-state index contributed by atoms with van der Waals surface area (Å²) >= 11 is 0. The Morgan fingerprint density at radius 2 is 1.70 bits per heavy atom. The van der Waals surface area contributed by atoms with Crippen molar-refractivity contribution in [2.75, 3.05) is 38.5 Å². The van der Waals surface area contributed by atoms with Gasteiger partial charge in [-0.25, -0.2) is 14.6 Å². The predicted octanol–water partition coefficient (Wildman–Crippen LogP) is 4.20. The van der Waals surface area contributed by atoms with Crippen molar-refractivity contribution in [1.82, 2.24) is 34.5 Å². The van der Waals surface area contributed by atoms with Gasteiger partial charge in [-0.05, 0) is 36.7 Å². The van der Waals surface area contributed by atoms with Gasteiger partial charge in [-0.3, -0.25) is 14.7 Å². The Morgan fingerprint density at radius 1 is 0.953 bits per heavy atom. The van der Waals surface area contributed by atoms with Crippen LogP contribution < -0.4 is 5.32 Å².